The molecule has 6 nitrogen and oxygen atoms in total. The van der Waals surface area contributed by atoms with Crippen molar-refractivity contribution in [1.29, 1.82) is 5.41 Å². The highest BCUT2D eigenvalue weighted by Gasteiger charge is 2.06. The third kappa shape index (κ3) is 4.26. The van der Waals surface area contributed by atoms with Gasteiger partial charge in [0.1, 0.15) is 5.69 Å². The molecule has 7 heteroatoms. The van der Waals surface area contributed by atoms with Crippen LogP contribution in [0.1, 0.15) is 28.3 Å². The van der Waals surface area contributed by atoms with Crippen LogP contribution in [0.2, 0.25) is 0 Å². The number of hydrogen-bond acceptors (Lipinski definition) is 4. The van der Waals surface area contributed by atoms with Gasteiger partial charge in [-0.15, -0.1) is 11.3 Å². The van der Waals surface area contributed by atoms with E-state index in [1.807, 2.05) is 6.42 Å². The van der Waals surface area contributed by atoms with Gasteiger partial charge in [-0.05, 0) is 12.8 Å². The minimum Gasteiger partial charge on any atom is -0.370 e. The zero-order valence-corrected chi connectivity index (χ0v) is 9.51. The van der Waals surface area contributed by atoms with Gasteiger partial charge in [-0.1, -0.05) is 0 Å². The van der Waals surface area contributed by atoms with E-state index in [4.69, 9.17) is 16.9 Å². The molecule has 6 N–H and O–H groups in total. The molecule has 0 bridgehead atoms. The maximum Gasteiger partial charge on any atom is 0.268 e. The molecule has 0 saturated heterocycles. The second-order valence-electron chi connectivity index (χ2n) is 3.12. The van der Waals surface area contributed by atoms with Crippen molar-refractivity contribution in [2.24, 2.45) is 11.5 Å². The van der Waals surface area contributed by atoms with Crippen LogP contribution >= 0.6 is 11.3 Å². The predicted molar refractivity (Wildman–Crippen MR) is 63.2 cm³/mol. The molecular weight excluding hydrogens is 226 g/mol. The molecule has 16 heavy (non-hydrogen) atoms. The number of thiazole rings is 1. The molecule has 0 saturated carbocycles. The number of nitrogens with one attached hydrogen (secondary N) is 2. The second kappa shape index (κ2) is 6.06. The van der Waals surface area contributed by atoms with Crippen LogP contribution in [0.3, 0.4) is 0 Å². The van der Waals surface area contributed by atoms with Gasteiger partial charge in [-0.2, -0.15) is 0 Å². The lowest BCUT2D eigenvalue weighted by molar-refractivity contribution is 0.0996. The van der Waals surface area contributed by atoms with Crippen LogP contribution in [0.4, 0.5) is 0 Å². The highest BCUT2D eigenvalue weighted by atomic mass is 32.1. The van der Waals surface area contributed by atoms with Crippen molar-refractivity contribution < 1.29 is 4.79 Å². The zero-order valence-electron chi connectivity index (χ0n) is 8.69. The van der Waals surface area contributed by atoms with Crippen molar-refractivity contribution in [3.8, 4) is 0 Å². The molecule has 1 amide bonds. The number of hydrogen-bond donors (Lipinski definition) is 4. The number of primary amides is 1. The van der Waals surface area contributed by atoms with Crippen LogP contribution in [0.5, 0.6) is 0 Å². The first-order valence-corrected chi connectivity index (χ1v) is 5.64. The molecular formula is C9H14N5OS. The fourth-order valence-corrected chi connectivity index (χ4v) is 1.81. The molecule has 0 aliphatic rings. The number of rotatable bonds is 6. The molecule has 1 aromatic rings. The van der Waals surface area contributed by atoms with Gasteiger partial charge in [-0.25, -0.2) is 4.98 Å². The van der Waals surface area contributed by atoms with Crippen LogP contribution in [0.15, 0.2) is 5.38 Å². The lowest BCUT2D eigenvalue weighted by Crippen LogP contribution is -2.30. The van der Waals surface area contributed by atoms with Crippen molar-refractivity contribution in [3.63, 3.8) is 0 Å². The largest absolute Gasteiger partial charge is 0.370 e. The molecule has 1 rings (SSSR count). The van der Waals surface area contributed by atoms with E-state index in [1.54, 1.807) is 5.38 Å². The third-order valence-corrected chi connectivity index (χ3v) is 2.63. The van der Waals surface area contributed by atoms with Gasteiger partial charge < -0.3 is 16.8 Å². The lowest BCUT2D eigenvalue weighted by Gasteiger charge is -2.01. The number of nitrogens with zero attached hydrogens (tertiary/aromatic N) is 1. The van der Waals surface area contributed by atoms with Crippen molar-refractivity contribution in [3.05, 3.63) is 22.5 Å². The molecule has 0 aliphatic carbocycles. The van der Waals surface area contributed by atoms with Crippen molar-refractivity contribution >= 4 is 23.2 Å². The second-order valence-corrected chi connectivity index (χ2v) is 4.01. The highest BCUT2D eigenvalue weighted by molar-refractivity contribution is 7.10. The number of nitrogens with two attached hydrogens (primary N) is 2. The van der Waals surface area contributed by atoms with E-state index in [2.05, 4.69) is 10.3 Å². The van der Waals surface area contributed by atoms with Gasteiger partial charge in [0.2, 0.25) is 0 Å². The Bertz CT molecular complexity index is 376. The first kappa shape index (κ1) is 12.4. The van der Waals surface area contributed by atoms with Gasteiger partial charge >= 0.3 is 0 Å². The summed E-state index contributed by atoms with van der Waals surface area (Å²) in [6.45, 7) is 0.653. The number of carbonyl (C=O) groups is 1. The standard InChI is InChI=1S/C9H14N5OS/c10-8(15)6-5-16-7(14-6)3-1-2-4-13-9(11)12/h3,5H,1-2,4H2,(H2,10,15)(H4,11,12,13). The minimum atomic E-state index is -0.505. The van der Waals surface area contributed by atoms with Crippen LogP contribution in [-0.2, 0) is 0 Å². The molecule has 0 aromatic carbocycles. The zero-order chi connectivity index (χ0) is 12.0. The SMILES string of the molecule is N=C(N)NCCC[CH]c1nc(C(N)=O)cs1. The average molecular weight is 240 g/mol. The number of carbonyl (C=O) groups excluding carboxylic acids is 1. The quantitative estimate of drug-likeness (QED) is 0.319. The van der Waals surface area contributed by atoms with E-state index in [1.165, 1.54) is 11.3 Å². The Morgan fingerprint density at radius 1 is 1.62 bits per heavy atom. The Hall–Kier alpha value is -1.63. The maximum atomic E-state index is 10.8. The predicted octanol–water partition coefficient (Wildman–Crippen LogP) is 0.0577. The fourth-order valence-electron chi connectivity index (χ4n) is 1.05. The summed E-state index contributed by atoms with van der Waals surface area (Å²) < 4.78 is 0. The molecule has 0 fully saturated rings. The van der Waals surface area contributed by atoms with Crippen molar-refractivity contribution in [2.45, 2.75) is 12.8 Å². The van der Waals surface area contributed by atoms with Gasteiger partial charge in [0, 0.05) is 18.3 Å². The summed E-state index contributed by atoms with van der Waals surface area (Å²) in [6, 6.07) is 0. The monoisotopic (exact) mass is 240 g/mol. The van der Waals surface area contributed by atoms with Crippen LogP contribution in [0, 0.1) is 11.8 Å². The van der Waals surface area contributed by atoms with E-state index >= 15 is 0 Å². The lowest BCUT2D eigenvalue weighted by atomic mass is 10.2. The van der Waals surface area contributed by atoms with Crippen molar-refractivity contribution in [1.82, 2.24) is 10.3 Å². The summed E-state index contributed by atoms with van der Waals surface area (Å²) >= 11 is 1.39. The van der Waals surface area contributed by atoms with Gasteiger partial charge in [0.25, 0.3) is 5.91 Å². The Balaban J connectivity index is 2.21. The van der Waals surface area contributed by atoms with Crippen LogP contribution < -0.4 is 16.8 Å². The van der Waals surface area contributed by atoms with Crippen molar-refractivity contribution in [2.75, 3.05) is 6.54 Å². The van der Waals surface area contributed by atoms with Gasteiger partial charge in [0.15, 0.2) is 5.96 Å². The third-order valence-electron chi connectivity index (χ3n) is 1.79. The normalized spacial score (nSPS) is 10.0. The Morgan fingerprint density at radius 2 is 2.38 bits per heavy atom. The molecule has 87 valence electrons. The Kier molecular flexibility index (Phi) is 4.71. The summed E-state index contributed by atoms with van der Waals surface area (Å²) in [5.41, 5.74) is 10.5. The van der Waals surface area contributed by atoms with E-state index in [-0.39, 0.29) is 5.96 Å². The highest BCUT2D eigenvalue weighted by Crippen LogP contribution is 2.13. The molecule has 0 spiro atoms. The van der Waals surface area contributed by atoms with E-state index in [0.29, 0.717) is 12.2 Å². The van der Waals surface area contributed by atoms with E-state index in [0.717, 1.165) is 17.8 Å². The number of guanidine groups is 1. The minimum absolute atomic E-state index is 0.0229. The molecule has 0 atom stereocenters. The van der Waals surface area contributed by atoms with E-state index < -0.39 is 5.91 Å². The Morgan fingerprint density at radius 3 is 2.94 bits per heavy atom. The molecule has 1 radical (unpaired) electrons. The molecule has 1 heterocycles. The van der Waals surface area contributed by atoms with E-state index in [9.17, 15) is 4.79 Å². The van der Waals surface area contributed by atoms with Gasteiger partial charge in [-0.3, -0.25) is 10.2 Å². The number of amides is 1. The number of unbranched alkanes of at least 4 members (excludes halogenated alkanes) is 1. The smallest absolute Gasteiger partial charge is 0.268 e. The van der Waals surface area contributed by atoms with Gasteiger partial charge in [0.05, 0.1) is 5.01 Å². The van der Waals surface area contributed by atoms with Crippen LogP contribution in [-0.4, -0.2) is 23.4 Å². The summed E-state index contributed by atoms with van der Waals surface area (Å²) in [4.78, 5) is 14.8. The van der Waals surface area contributed by atoms with Crippen LogP contribution in [0.25, 0.3) is 0 Å². The fraction of sp³-hybridized carbons (Fsp3) is 0.333. The summed E-state index contributed by atoms with van der Waals surface area (Å²) in [6.07, 6.45) is 3.59. The summed E-state index contributed by atoms with van der Waals surface area (Å²) in [5.74, 6) is -0.528. The Labute approximate surface area is 97.6 Å². The summed E-state index contributed by atoms with van der Waals surface area (Å²) in [5, 5.41) is 12.1. The molecule has 1 aromatic heterocycles. The topological polar surface area (TPSA) is 118 Å². The number of aromatic nitrogens is 1. The summed E-state index contributed by atoms with van der Waals surface area (Å²) in [7, 11) is 0. The first-order chi connectivity index (χ1) is 7.59. The molecule has 0 unspecified atom stereocenters. The first-order valence-electron chi connectivity index (χ1n) is 4.76. The average Bonchev–Trinajstić information content (AvgIpc) is 2.65. The maximum absolute atomic E-state index is 10.8. The molecule has 0 aliphatic heterocycles.